The lowest BCUT2D eigenvalue weighted by molar-refractivity contribution is 0.420. The van der Waals surface area contributed by atoms with Crippen LogP contribution in [0.4, 0.5) is 17.1 Å². The molecule has 236 valence electrons. The SMILES string of the molecule is c1cnc2ccc(-c3ccc(N(c4ccc(C5CC6CCC5C6)cc4)c4ccc(-n5c6ccccc6c6ccccc65)cc4)cc3)cc2c1. The van der Waals surface area contributed by atoms with Gasteiger partial charge in [0.1, 0.15) is 0 Å². The molecule has 2 aromatic heterocycles. The van der Waals surface area contributed by atoms with E-state index in [1.54, 1.807) is 0 Å². The molecule has 10 rings (SSSR count). The Morgan fingerprint density at radius 2 is 1.18 bits per heavy atom. The molecule has 6 aromatic carbocycles. The van der Waals surface area contributed by atoms with Crippen LogP contribution in [0.5, 0.6) is 0 Å². The molecule has 3 heteroatoms. The first-order valence-electron chi connectivity index (χ1n) is 17.7. The molecule has 0 spiro atoms. The number of anilines is 3. The summed E-state index contributed by atoms with van der Waals surface area (Å²) in [5.74, 6) is 2.54. The highest BCUT2D eigenvalue weighted by Gasteiger charge is 2.40. The summed E-state index contributed by atoms with van der Waals surface area (Å²) in [5, 5.41) is 3.72. The number of nitrogens with zero attached hydrogens (tertiary/aromatic N) is 3. The van der Waals surface area contributed by atoms with E-state index in [1.807, 2.05) is 12.3 Å². The highest BCUT2D eigenvalue weighted by atomic mass is 15.1. The van der Waals surface area contributed by atoms with Crippen molar-refractivity contribution in [2.24, 2.45) is 11.8 Å². The fourth-order valence-electron chi connectivity index (χ4n) is 8.98. The lowest BCUT2D eigenvalue weighted by Gasteiger charge is -2.27. The van der Waals surface area contributed by atoms with Gasteiger partial charge in [0.15, 0.2) is 0 Å². The van der Waals surface area contributed by atoms with Crippen molar-refractivity contribution in [1.29, 1.82) is 0 Å². The number of fused-ring (bicyclic) bond motifs is 6. The average Bonchev–Trinajstić information content (AvgIpc) is 3.90. The van der Waals surface area contributed by atoms with Crippen molar-refractivity contribution in [3.63, 3.8) is 0 Å². The Labute approximate surface area is 287 Å². The molecule has 0 saturated heterocycles. The minimum absolute atomic E-state index is 0.725. The molecule has 49 heavy (non-hydrogen) atoms. The zero-order valence-corrected chi connectivity index (χ0v) is 27.4. The first kappa shape index (κ1) is 28.4. The number of pyridine rings is 1. The van der Waals surface area contributed by atoms with Gasteiger partial charge in [0.2, 0.25) is 0 Å². The van der Waals surface area contributed by atoms with Gasteiger partial charge in [-0.15, -0.1) is 0 Å². The van der Waals surface area contributed by atoms with E-state index in [9.17, 15) is 0 Å². The normalized spacial score (nSPS) is 18.5. The second-order valence-corrected chi connectivity index (χ2v) is 14.1. The van der Waals surface area contributed by atoms with Crippen molar-refractivity contribution in [2.75, 3.05) is 4.90 Å². The van der Waals surface area contributed by atoms with E-state index in [4.69, 9.17) is 0 Å². The Morgan fingerprint density at radius 3 is 1.84 bits per heavy atom. The number of hydrogen-bond acceptors (Lipinski definition) is 2. The fourth-order valence-corrected chi connectivity index (χ4v) is 8.98. The van der Waals surface area contributed by atoms with Crippen molar-refractivity contribution in [1.82, 2.24) is 9.55 Å². The summed E-state index contributed by atoms with van der Waals surface area (Å²) in [4.78, 5) is 6.90. The van der Waals surface area contributed by atoms with Crippen LogP contribution in [0, 0.1) is 11.8 Å². The topological polar surface area (TPSA) is 21.1 Å². The molecule has 2 aliphatic carbocycles. The van der Waals surface area contributed by atoms with Crippen molar-refractivity contribution in [3.05, 3.63) is 163 Å². The molecule has 0 N–H and O–H groups in total. The molecular weight excluding hydrogens is 595 g/mol. The molecule has 2 bridgehead atoms. The predicted molar refractivity (Wildman–Crippen MR) is 204 cm³/mol. The Balaban J connectivity index is 1.04. The van der Waals surface area contributed by atoms with Gasteiger partial charge in [-0.25, -0.2) is 0 Å². The van der Waals surface area contributed by atoms with E-state index < -0.39 is 0 Å². The summed E-state index contributed by atoms with van der Waals surface area (Å²) in [6.45, 7) is 0. The maximum atomic E-state index is 4.51. The van der Waals surface area contributed by atoms with Crippen molar-refractivity contribution < 1.29 is 0 Å². The minimum atomic E-state index is 0.725. The molecular formula is C46H37N3. The summed E-state index contributed by atoms with van der Waals surface area (Å²) >= 11 is 0. The van der Waals surface area contributed by atoms with E-state index >= 15 is 0 Å². The number of benzene rings is 6. The summed E-state index contributed by atoms with van der Waals surface area (Å²) in [5.41, 5.74) is 12.0. The zero-order valence-electron chi connectivity index (χ0n) is 27.4. The number of rotatable bonds is 6. The van der Waals surface area contributed by atoms with Crippen molar-refractivity contribution >= 4 is 49.8 Å². The van der Waals surface area contributed by atoms with Crippen LogP contribution in [0.25, 0.3) is 49.5 Å². The van der Waals surface area contributed by atoms with Crippen LogP contribution in [0.3, 0.4) is 0 Å². The second-order valence-electron chi connectivity index (χ2n) is 14.1. The maximum absolute atomic E-state index is 4.51. The van der Waals surface area contributed by atoms with Gasteiger partial charge >= 0.3 is 0 Å². The first-order chi connectivity index (χ1) is 24.3. The summed E-state index contributed by atoms with van der Waals surface area (Å²) < 4.78 is 2.39. The monoisotopic (exact) mass is 631 g/mol. The fraction of sp³-hybridized carbons (Fsp3) is 0.152. The van der Waals surface area contributed by atoms with E-state index in [-0.39, 0.29) is 0 Å². The first-order valence-corrected chi connectivity index (χ1v) is 17.7. The van der Waals surface area contributed by atoms with Crippen LogP contribution >= 0.6 is 0 Å². The van der Waals surface area contributed by atoms with E-state index in [0.717, 1.165) is 45.7 Å². The molecule has 0 aliphatic heterocycles. The van der Waals surface area contributed by atoms with Gasteiger partial charge in [-0.3, -0.25) is 4.98 Å². The number of para-hydroxylation sites is 2. The van der Waals surface area contributed by atoms with Crippen LogP contribution in [-0.2, 0) is 0 Å². The maximum Gasteiger partial charge on any atom is 0.0702 e. The molecule has 3 atom stereocenters. The largest absolute Gasteiger partial charge is 0.311 e. The molecule has 2 fully saturated rings. The quantitative estimate of drug-likeness (QED) is 0.182. The van der Waals surface area contributed by atoms with Gasteiger partial charge in [0.05, 0.1) is 16.6 Å². The lowest BCUT2D eigenvalue weighted by atomic mass is 9.83. The van der Waals surface area contributed by atoms with Crippen molar-refractivity contribution in [3.8, 4) is 16.8 Å². The molecule has 2 saturated carbocycles. The third-order valence-electron chi connectivity index (χ3n) is 11.3. The van der Waals surface area contributed by atoms with Crippen LogP contribution in [-0.4, -0.2) is 9.55 Å². The summed E-state index contributed by atoms with van der Waals surface area (Å²) in [6, 6.07) is 55.6. The van der Waals surface area contributed by atoms with Crippen LogP contribution in [0.2, 0.25) is 0 Å². The highest BCUT2D eigenvalue weighted by Crippen LogP contribution is 2.53. The van der Waals surface area contributed by atoms with E-state index in [0.29, 0.717) is 0 Å². The Bertz CT molecular complexity index is 2400. The minimum Gasteiger partial charge on any atom is -0.311 e. The molecule has 2 aliphatic rings. The molecule has 2 heterocycles. The van der Waals surface area contributed by atoms with Crippen LogP contribution in [0.15, 0.2) is 158 Å². The molecule has 0 radical (unpaired) electrons. The van der Waals surface area contributed by atoms with Gasteiger partial charge in [-0.05, 0) is 133 Å². The third kappa shape index (κ3) is 4.84. The molecule has 8 aromatic rings. The van der Waals surface area contributed by atoms with Crippen molar-refractivity contribution in [2.45, 2.75) is 31.6 Å². The van der Waals surface area contributed by atoms with Gasteiger partial charge in [0, 0.05) is 45.1 Å². The smallest absolute Gasteiger partial charge is 0.0702 e. The second kappa shape index (κ2) is 11.5. The molecule has 0 amide bonds. The predicted octanol–water partition coefficient (Wildman–Crippen LogP) is 12.4. The van der Waals surface area contributed by atoms with Gasteiger partial charge in [-0.2, -0.15) is 0 Å². The molecule has 3 nitrogen and oxygen atoms in total. The zero-order chi connectivity index (χ0) is 32.3. The highest BCUT2D eigenvalue weighted by molar-refractivity contribution is 6.09. The van der Waals surface area contributed by atoms with E-state index in [2.05, 4.69) is 160 Å². The van der Waals surface area contributed by atoms with Crippen LogP contribution in [0.1, 0.15) is 37.2 Å². The average molecular weight is 632 g/mol. The number of aromatic nitrogens is 2. The number of hydrogen-bond donors (Lipinski definition) is 0. The van der Waals surface area contributed by atoms with Gasteiger partial charge < -0.3 is 9.47 Å². The summed E-state index contributed by atoms with van der Waals surface area (Å²) in [7, 11) is 0. The lowest BCUT2D eigenvalue weighted by Crippen LogP contribution is -2.11. The summed E-state index contributed by atoms with van der Waals surface area (Å²) in [6.07, 6.45) is 7.48. The Morgan fingerprint density at radius 1 is 0.551 bits per heavy atom. The molecule has 3 unspecified atom stereocenters. The van der Waals surface area contributed by atoms with E-state index in [1.165, 1.54) is 69.9 Å². The van der Waals surface area contributed by atoms with Gasteiger partial charge in [-0.1, -0.05) is 79.2 Å². The third-order valence-corrected chi connectivity index (χ3v) is 11.3. The Kier molecular flexibility index (Phi) is 6.65. The standard InChI is InChI=1S/C46H37N3/c1-3-9-45-41(7-1)42-8-2-4-10-46(42)49(45)40-24-22-39(23-25-40)48(38-20-15-33(16-21-38)43-29-31-11-12-35(43)28-31)37-18-13-32(14-19-37)34-17-26-44-36(30-34)6-5-27-47-44/h1-10,13-27,30-31,35,43H,11-12,28-29H2. The Hall–Kier alpha value is -5.67. The van der Waals surface area contributed by atoms with Gasteiger partial charge in [0.25, 0.3) is 0 Å². The van der Waals surface area contributed by atoms with Crippen LogP contribution < -0.4 is 4.90 Å².